The zero-order valence-electron chi connectivity index (χ0n) is 13.2. The van der Waals surface area contributed by atoms with Crippen molar-refractivity contribution in [2.45, 2.75) is 18.3 Å². The molecule has 25 heavy (non-hydrogen) atoms. The maximum atomic E-state index is 12.0. The summed E-state index contributed by atoms with van der Waals surface area (Å²) in [6, 6.07) is 9.38. The molecule has 0 bridgehead atoms. The lowest BCUT2D eigenvalue weighted by atomic mass is 10.2. The van der Waals surface area contributed by atoms with Crippen LogP contribution in [0.5, 0.6) is 0 Å². The van der Waals surface area contributed by atoms with Crippen LogP contribution in [0.25, 0.3) is 11.0 Å². The quantitative estimate of drug-likeness (QED) is 0.367. The van der Waals surface area contributed by atoms with Crippen molar-refractivity contribution >= 4 is 28.8 Å². The molecule has 0 unspecified atom stereocenters. The van der Waals surface area contributed by atoms with Crippen LogP contribution in [-0.4, -0.2) is 43.2 Å². The average molecular weight is 360 g/mol. The predicted molar refractivity (Wildman–Crippen MR) is 92.2 cm³/mol. The Balaban J connectivity index is 1.63. The van der Waals surface area contributed by atoms with Gasteiger partial charge < -0.3 is 14.8 Å². The fourth-order valence-electron chi connectivity index (χ4n) is 2.18. The van der Waals surface area contributed by atoms with E-state index >= 15 is 0 Å². The summed E-state index contributed by atoms with van der Waals surface area (Å²) >= 11 is 1.08. The topological polar surface area (TPSA) is 110 Å². The molecule has 3 aromatic rings. The number of aliphatic hydroxyl groups excluding tert-OH is 1. The minimum Gasteiger partial charge on any atom is -0.460 e. The molecule has 0 atom stereocenters. The normalized spacial score (nSPS) is 10.9. The highest BCUT2D eigenvalue weighted by atomic mass is 32.2. The predicted octanol–water partition coefficient (Wildman–Crippen LogP) is 0.947. The smallest absolute Gasteiger partial charge is 0.316 e. The number of aromatic amines is 1. The molecule has 0 saturated heterocycles. The van der Waals surface area contributed by atoms with Gasteiger partial charge in [0.25, 0.3) is 5.56 Å². The number of hydrogen-bond acceptors (Lipinski definition) is 7. The van der Waals surface area contributed by atoms with Crippen LogP contribution in [0.3, 0.4) is 0 Å². The van der Waals surface area contributed by atoms with Crippen LogP contribution in [0, 0.1) is 0 Å². The second kappa shape index (κ2) is 7.95. The molecule has 3 rings (SSSR count). The van der Waals surface area contributed by atoms with Gasteiger partial charge in [-0.05, 0) is 5.56 Å². The van der Waals surface area contributed by atoms with E-state index in [0.717, 1.165) is 17.3 Å². The Kier molecular flexibility index (Phi) is 5.46. The first-order valence-corrected chi connectivity index (χ1v) is 8.55. The molecule has 0 amide bonds. The third-order valence-electron chi connectivity index (χ3n) is 3.37. The van der Waals surface area contributed by atoms with Gasteiger partial charge in [0.2, 0.25) is 0 Å². The zero-order valence-corrected chi connectivity index (χ0v) is 14.0. The van der Waals surface area contributed by atoms with Gasteiger partial charge in [-0.2, -0.15) is 5.10 Å². The van der Waals surface area contributed by atoms with E-state index in [2.05, 4.69) is 15.1 Å². The zero-order chi connectivity index (χ0) is 17.6. The highest BCUT2D eigenvalue weighted by molar-refractivity contribution is 7.99. The highest BCUT2D eigenvalue weighted by Gasteiger charge is 2.12. The van der Waals surface area contributed by atoms with Gasteiger partial charge in [-0.1, -0.05) is 42.1 Å². The molecule has 0 aliphatic carbocycles. The number of fused-ring (bicyclic) bond motifs is 1. The Morgan fingerprint density at radius 3 is 2.88 bits per heavy atom. The molecule has 0 fully saturated rings. The first-order chi connectivity index (χ1) is 12.2. The van der Waals surface area contributed by atoms with Gasteiger partial charge in [0.15, 0.2) is 10.8 Å². The minimum atomic E-state index is -0.402. The van der Waals surface area contributed by atoms with Gasteiger partial charge in [0.1, 0.15) is 12.0 Å². The number of ether oxygens (including phenoxy) is 1. The number of nitrogens with one attached hydrogen (secondary N) is 1. The lowest BCUT2D eigenvalue weighted by Gasteiger charge is -2.05. The van der Waals surface area contributed by atoms with E-state index in [4.69, 9.17) is 9.84 Å². The molecule has 2 aromatic heterocycles. The number of aromatic nitrogens is 4. The van der Waals surface area contributed by atoms with Gasteiger partial charge in [0.05, 0.1) is 25.1 Å². The van der Waals surface area contributed by atoms with Crippen molar-refractivity contribution in [2.75, 3.05) is 12.4 Å². The summed E-state index contributed by atoms with van der Waals surface area (Å²) in [5.74, 6) is -0.379. The van der Waals surface area contributed by atoms with Crippen molar-refractivity contribution in [1.29, 1.82) is 0 Å². The second-order valence-electron chi connectivity index (χ2n) is 5.13. The highest BCUT2D eigenvalue weighted by Crippen LogP contribution is 2.15. The molecule has 0 aliphatic heterocycles. The van der Waals surface area contributed by atoms with Gasteiger partial charge >= 0.3 is 5.97 Å². The van der Waals surface area contributed by atoms with E-state index in [-0.39, 0.29) is 31.1 Å². The van der Waals surface area contributed by atoms with E-state index in [1.807, 2.05) is 30.3 Å². The number of hydrogen-bond donors (Lipinski definition) is 2. The molecule has 0 radical (unpaired) electrons. The van der Waals surface area contributed by atoms with Crippen molar-refractivity contribution in [1.82, 2.24) is 19.7 Å². The lowest BCUT2D eigenvalue weighted by molar-refractivity contribution is -0.141. The van der Waals surface area contributed by atoms with Gasteiger partial charge in [-0.3, -0.25) is 9.59 Å². The number of nitrogens with zero attached hydrogens (tertiary/aromatic N) is 3. The van der Waals surface area contributed by atoms with Crippen LogP contribution >= 0.6 is 11.8 Å². The van der Waals surface area contributed by atoms with Gasteiger partial charge in [0, 0.05) is 0 Å². The maximum absolute atomic E-state index is 12.0. The third-order valence-corrected chi connectivity index (χ3v) is 4.21. The Morgan fingerprint density at radius 1 is 1.32 bits per heavy atom. The van der Waals surface area contributed by atoms with Crippen LogP contribution < -0.4 is 5.56 Å². The number of thioether (sulfide) groups is 1. The molecular weight excluding hydrogens is 344 g/mol. The summed E-state index contributed by atoms with van der Waals surface area (Å²) in [7, 11) is 0. The first kappa shape index (κ1) is 17.2. The van der Waals surface area contributed by atoms with Crippen LogP contribution in [0.1, 0.15) is 5.56 Å². The molecule has 8 nitrogen and oxygen atoms in total. The number of aliphatic hydroxyl groups is 1. The van der Waals surface area contributed by atoms with Crippen LogP contribution in [-0.2, 0) is 22.7 Å². The van der Waals surface area contributed by atoms with Crippen molar-refractivity contribution < 1.29 is 14.6 Å². The number of H-pyrrole nitrogens is 1. The van der Waals surface area contributed by atoms with E-state index in [1.165, 1.54) is 10.9 Å². The third kappa shape index (κ3) is 4.25. The average Bonchev–Trinajstić information content (AvgIpc) is 3.03. The Labute approximate surface area is 146 Å². The lowest BCUT2D eigenvalue weighted by Crippen LogP contribution is -2.13. The van der Waals surface area contributed by atoms with Crippen molar-refractivity contribution in [3.63, 3.8) is 0 Å². The molecule has 1 aromatic carbocycles. The fourth-order valence-corrected chi connectivity index (χ4v) is 2.83. The van der Waals surface area contributed by atoms with E-state index in [1.54, 1.807) is 0 Å². The fraction of sp³-hybridized carbons (Fsp3) is 0.250. The standard InChI is InChI=1S/C16H16N4O4S/c21-7-6-20-14-12(8-17-20)15(23)19-16(18-14)25-10-13(22)24-9-11-4-2-1-3-5-11/h1-5,8,21H,6-7,9-10H2,(H,18,19,23). The first-order valence-electron chi connectivity index (χ1n) is 7.56. The molecule has 9 heteroatoms. The monoisotopic (exact) mass is 360 g/mol. The van der Waals surface area contributed by atoms with E-state index in [0.29, 0.717) is 16.2 Å². The number of carbonyl (C=O) groups is 1. The molecule has 130 valence electrons. The van der Waals surface area contributed by atoms with Crippen molar-refractivity contribution in [3.05, 3.63) is 52.4 Å². The summed E-state index contributed by atoms with van der Waals surface area (Å²) in [6.07, 6.45) is 1.40. The summed E-state index contributed by atoms with van der Waals surface area (Å²) in [5.41, 5.74) is 0.939. The molecule has 2 heterocycles. The Hall–Kier alpha value is -2.65. The molecular formula is C16H16N4O4S. The van der Waals surface area contributed by atoms with Gasteiger partial charge in [-0.15, -0.1) is 0 Å². The minimum absolute atomic E-state index is 0.0232. The van der Waals surface area contributed by atoms with Gasteiger partial charge in [-0.25, -0.2) is 9.67 Å². The van der Waals surface area contributed by atoms with E-state index in [9.17, 15) is 9.59 Å². The number of rotatable bonds is 7. The maximum Gasteiger partial charge on any atom is 0.316 e. The molecule has 0 aliphatic rings. The molecule has 0 spiro atoms. The van der Waals surface area contributed by atoms with E-state index < -0.39 is 5.97 Å². The Morgan fingerprint density at radius 2 is 2.12 bits per heavy atom. The summed E-state index contributed by atoms with van der Waals surface area (Å²) in [4.78, 5) is 30.8. The summed E-state index contributed by atoms with van der Waals surface area (Å²) < 4.78 is 6.63. The van der Waals surface area contributed by atoms with Crippen LogP contribution in [0.15, 0.2) is 46.5 Å². The SMILES string of the molecule is O=C(CSc1nc2c(cnn2CCO)c(=O)[nH]1)OCc1ccccc1. The number of esters is 1. The van der Waals surface area contributed by atoms with Crippen molar-refractivity contribution in [2.24, 2.45) is 0 Å². The summed E-state index contributed by atoms with van der Waals surface area (Å²) in [6.45, 7) is 0.329. The molecule has 2 N–H and O–H groups in total. The number of benzene rings is 1. The van der Waals surface area contributed by atoms with Crippen LogP contribution in [0.4, 0.5) is 0 Å². The number of carbonyl (C=O) groups excluding carboxylic acids is 1. The van der Waals surface area contributed by atoms with Crippen molar-refractivity contribution in [3.8, 4) is 0 Å². The Bertz CT molecular complexity index is 923. The molecule has 0 saturated carbocycles. The largest absolute Gasteiger partial charge is 0.460 e. The second-order valence-corrected chi connectivity index (χ2v) is 6.10. The van der Waals surface area contributed by atoms with Crippen LogP contribution in [0.2, 0.25) is 0 Å². The summed E-state index contributed by atoms with van der Waals surface area (Å²) in [5, 5.41) is 13.7.